The third-order valence-electron chi connectivity index (χ3n) is 8.63. The summed E-state index contributed by atoms with van der Waals surface area (Å²) in [6.45, 7) is 2.81. The highest BCUT2D eigenvalue weighted by molar-refractivity contribution is 5.88. The number of nitrogens with zero attached hydrogens (tertiary/aromatic N) is 7. The van der Waals surface area contributed by atoms with Gasteiger partial charge in [0.1, 0.15) is 5.75 Å². The van der Waals surface area contributed by atoms with Crippen molar-refractivity contribution in [1.29, 1.82) is 0 Å². The Kier molecular flexibility index (Phi) is 13.5. The highest BCUT2D eigenvalue weighted by Gasteiger charge is 2.19. The number of phenols is 1. The predicted octanol–water partition coefficient (Wildman–Crippen LogP) is 5.21. The Hall–Kier alpha value is -6.57. The standard InChI is InChI=1S/C42H42N8O5/c51-39(30-55-38-14-9-20-48-40(38)42(53)54)47-21-15-31-22-32(24-49(26-34-10-1-5-16-43-34)27-35-11-2-6-17-44-35)41(52)33(23-31)25-50(28-36-12-3-7-18-45-36)29-37-13-4-8-19-46-37/h1-14,16-20,22-23,52H,15,21,24-30H2,(H,47,51)(H,53,54). The van der Waals surface area contributed by atoms with Crippen molar-refractivity contribution in [1.82, 2.24) is 40.0 Å². The van der Waals surface area contributed by atoms with E-state index >= 15 is 0 Å². The Balaban J connectivity index is 1.25. The lowest BCUT2D eigenvalue weighted by molar-refractivity contribution is -0.123. The summed E-state index contributed by atoms with van der Waals surface area (Å²) in [5, 5.41) is 24.2. The Morgan fingerprint density at radius 1 is 0.600 bits per heavy atom. The second kappa shape index (κ2) is 19.5. The predicted molar refractivity (Wildman–Crippen MR) is 204 cm³/mol. The average Bonchev–Trinajstić information content (AvgIpc) is 3.20. The number of carboxylic acids is 1. The minimum atomic E-state index is -1.24. The summed E-state index contributed by atoms with van der Waals surface area (Å²) in [4.78, 5) is 50.7. The van der Waals surface area contributed by atoms with E-state index in [9.17, 15) is 19.8 Å². The molecule has 13 heteroatoms. The molecule has 0 atom stereocenters. The number of aromatic carboxylic acids is 1. The van der Waals surface area contributed by atoms with E-state index in [0.717, 1.165) is 39.5 Å². The summed E-state index contributed by atoms with van der Waals surface area (Å²) in [6.07, 6.45) is 8.88. The summed E-state index contributed by atoms with van der Waals surface area (Å²) >= 11 is 0. The molecule has 3 N–H and O–H groups in total. The van der Waals surface area contributed by atoms with E-state index in [4.69, 9.17) is 4.74 Å². The molecule has 6 rings (SSSR count). The van der Waals surface area contributed by atoms with Gasteiger partial charge >= 0.3 is 5.97 Å². The Morgan fingerprint density at radius 3 is 1.47 bits per heavy atom. The molecule has 13 nitrogen and oxygen atoms in total. The van der Waals surface area contributed by atoms with Crippen molar-refractivity contribution < 1.29 is 24.5 Å². The molecule has 0 unspecified atom stereocenters. The van der Waals surface area contributed by atoms with Gasteiger partial charge in [-0.2, -0.15) is 0 Å². The number of pyridine rings is 5. The van der Waals surface area contributed by atoms with Crippen LogP contribution in [0, 0.1) is 0 Å². The fourth-order valence-electron chi connectivity index (χ4n) is 6.13. The maximum absolute atomic E-state index is 12.8. The zero-order valence-corrected chi connectivity index (χ0v) is 30.2. The number of aromatic hydroxyl groups is 1. The van der Waals surface area contributed by atoms with Crippen molar-refractivity contribution in [2.45, 2.75) is 45.7 Å². The number of ether oxygens (including phenoxy) is 1. The zero-order valence-electron chi connectivity index (χ0n) is 30.2. The van der Waals surface area contributed by atoms with Gasteiger partial charge in [0.2, 0.25) is 0 Å². The lowest BCUT2D eigenvalue weighted by Crippen LogP contribution is -2.31. The van der Waals surface area contributed by atoms with Gasteiger partial charge in [-0.1, -0.05) is 36.4 Å². The molecule has 0 aliphatic rings. The number of carbonyl (C=O) groups excluding carboxylic acids is 1. The van der Waals surface area contributed by atoms with Gasteiger partial charge in [0.05, 0.1) is 22.8 Å². The highest BCUT2D eigenvalue weighted by atomic mass is 16.5. The smallest absolute Gasteiger partial charge is 0.358 e. The van der Waals surface area contributed by atoms with Crippen LogP contribution < -0.4 is 10.1 Å². The second-order valence-electron chi connectivity index (χ2n) is 12.9. The monoisotopic (exact) mass is 738 g/mol. The number of benzene rings is 1. The molecule has 55 heavy (non-hydrogen) atoms. The number of carboxylic acid groups (broad SMARTS) is 1. The van der Waals surface area contributed by atoms with E-state index in [0.29, 0.717) is 45.7 Å². The van der Waals surface area contributed by atoms with Crippen LogP contribution in [0.25, 0.3) is 0 Å². The van der Waals surface area contributed by atoms with Crippen LogP contribution in [0.1, 0.15) is 50.0 Å². The number of hydrogen-bond donors (Lipinski definition) is 3. The summed E-state index contributed by atoms with van der Waals surface area (Å²) in [6, 6.07) is 30.2. The zero-order chi connectivity index (χ0) is 38.2. The maximum atomic E-state index is 12.8. The Bertz CT molecular complexity index is 1930. The van der Waals surface area contributed by atoms with Gasteiger partial charge < -0.3 is 20.3 Å². The molecule has 5 aromatic heterocycles. The third-order valence-corrected chi connectivity index (χ3v) is 8.63. The molecular weight excluding hydrogens is 697 g/mol. The largest absolute Gasteiger partial charge is 0.507 e. The van der Waals surface area contributed by atoms with Gasteiger partial charge in [-0.3, -0.25) is 34.5 Å². The third kappa shape index (κ3) is 11.7. The van der Waals surface area contributed by atoms with Crippen LogP contribution in [0.4, 0.5) is 0 Å². The number of phenolic OH excluding ortho intramolecular Hbond substituents is 1. The summed E-state index contributed by atoms with van der Waals surface area (Å²) in [5.41, 5.74) is 5.65. The first kappa shape index (κ1) is 38.2. The second-order valence-corrected chi connectivity index (χ2v) is 12.9. The highest BCUT2D eigenvalue weighted by Crippen LogP contribution is 2.29. The normalized spacial score (nSPS) is 11.1. The molecule has 0 radical (unpaired) electrons. The lowest BCUT2D eigenvalue weighted by Gasteiger charge is -2.26. The summed E-state index contributed by atoms with van der Waals surface area (Å²) in [7, 11) is 0. The summed E-state index contributed by atoms with van der Waals surface area (Å²) < 4.78 is 5.48. The maximum Gasteiger partial charge on any atom is 0.358 e. The van der Waals surface area contributed by atoms with Gasteiger partial charge in [-0.05, 0) is 72.6 Å². The minimum Gasteiger partial charge on any atom is -0.507 e. The van der Waals surface area contributed by atoms with Crippen molar-refractivity contribution in [3.05, 3.63) is 173 Å². The summed E-state index contributed by atoms with van der Waals surface area (Å²) in [5.74, 6) is -1.45. The van der Waals surface area contributed by atoms with E-state index in [1.54, 1.807) is 30.9 Å². The van der Waals surface area contributed by atoms with Gasteiger partial charge in [0.25, 0.3) is 5.91 Å². The molecule has 0 spiro atoms. The van der Waals surface area contributed by atoms with Gasteiger partial charge in [0.15, 0.2) is 18.1 Å². The average molecular weight is 739 g/mol. The molecule has 0 saturated carbocycles. The van der Waals surface area contributed by atoms with E-state index in [1.807, 2.05) is 84.9 Å². The van der Waals surface area contributed by atoms with Crippen LogP contribution >= 0.6 is 0 Å². The first-order valence-corrected chi connectivity index (χ1v) is 17.9. The van der Waals surface area contributed by atoms with Gasteiger partial charge in [-0.25, -0.2) is 9.78 Å². The van der Waals surface area contributed by atoms with E-state index in [-0.39, 0.29) is 30.3 Å². The first-order valence-electron chi connectivity index (χ1n) is 17.9. The van der Waals surface area contributed by atoms with Crippen molar-refractivity contribution in [2.75, 3.05) is 13.2 Å². The molecule has 6 aromatic rings. The number of nitrogens with one attached hydrogen (secondary N) is 1. The SMILES string of the molecule is O=C(COc1cccnc1C(=O)O)NCCc1cc(CN(Cc2ccccn2)Cc2ccccn2)c(O)c(CN(Cc2ccccn2)Cc2ccccn2)c1. The van der Waals surface area contributed by atoms with E-state index in [1.165, 1.54) is 12.3 Å². The lowest BCUT2D eigenvalue weighted by atomic mass is 10.00. The molecule has 5 heterocycles. The van der Waals surface area contributed by atoms with Crippen LogP contribution in [-0.2, 0) is 50.5 Å². The number of carbonyl (C=O) groups is 2. The topological polar surface area (TPSA) is 167 Å². The van der Waals surface area contributed by atoms with Crippen LogP contribution in [0.5, 0.6) is 11.5 Å². The molecular formula is C42H42N8O5. The molecule has 1 amide bonds. The Morgan fingerprint density at radius 2 is 1.05 bits per heavy atom. The molecule has 1 aromatic carbocycles. The van der Waals surface area contributed by atoms with Crippen molar-refractivity contribution in [2.24, 2.45) is 0 Å². The fraction of sp³-hybridized carbons (Fsp3) is 0.214. The molecule has 280 valence electrons. The number of aromatic nitrogens is 5. The van der Waals surface area contributed by atoms with Crippen molar-refractivity contribution in [3.8, 4) is 11.5 Å². The molecule has 0 aliphatic carbocycles. The van der Waals surface area contributed by atoms with Crippen LogP contribution in [0.15, 0.2) is 128 Å². The van der Waals surface area contributed by atoms with Crippen LogP contribution in [0.2, 0.25) is 0 Å². The molecule has 0 bridgehead atoms. The molecule has 0 saturated heterocycles. The van der Waals surface area contributed by atoms with E-state index < -0.39 is 11.9 Å². The van der Waals surface area contributed by atoms with Crippen LogP contribution in [-0.4, -0.2) is 70.0 Å². The first-order chi connectivity index (χ1) is 26.9. The number of hydrogen-bond acceptors (Lipinski definition) is 11. The minimum absolute atomic E-state index is 0.0138. The van der Waals surface area contributed by atoms with Gasteiger partial charge in [0, 0.05) is 87.9 Å². The number of amides is 1. The van der Waals surface area contributed by atoms with Crippen molar-refractivity contribution >= 4 is 11.9 Å². The van der Waals surface area contributed by atoms with Gasteiger partial charge in [-0.15, -0.1) is 0 Å². The van der Waals surface area contributed by atoms with Crippen molar-refractivity contribution in [3.63, 3.8) is 0 Å². The van der Waals surface area contributed by atoms with Crippen LogP contribution in [0.3, 0.4) is 0 Å². The van der Waals surface area contributed by atoms with E-state index in [2.05, 4.69) is 40.0 Å². The molecule has 0 fully saturated rings. The quantitative estimate of drug-likeness (QED) is 0.0995. The molecule has 0 aliphatic heterocycles. The Labute approximate surface area is 319 Å². The fourth-order valence-corrected chi connectivity index (χ4v) is 6.13. The number of rotatable bonds is 19.